The summed E-state index contributed by atoms with van der Waals surface area (Å²) in [5.41, 5.74) is 1.22. The average molecular weight is 370 g/mol. The zero-order valence-corrected chi connectivity index (χ0v) is 14.9. The predicted octanol–water partition coefficient (Wildman–Crippen LogP) is 5.98. The molecule has 3 N–H and O–H groups in total. The molecule has 0 atom stereocenters. The molecule has 0 radical (unpaired) electrons. The number of anilines is 2. The minimum atomic E-state index is -0.382. The van der Waals surface area contributed by atoms with Crippen molar-refractivity contribution < 1.29 is 14.6 Å². The van der Waals surface area contributed by atoms with Gasteiger partial charge in [0.15, 0.2) is 0 Å². The van der Waals surface area contributed by atoms with E-state index in [1.807, 2.05) is 54.6 Å². The quantitative estimate of drug-likeness (QED) is 0.414. The van der Waals surface area contributed by atoms with E-state index in [1.165, 1.54) is 0 Å². The first-order valence-corrected chi connectivity index (χ1v) is 8.80. The Morgan fingerprint density at radius 3 is 2.39 bits per heavy atom. The fourth-order valence-electron chi connectivity index (χ4n) is 2.92. The van der Waals surface area contributed by atoms with Gasteiger partial charge in [0.25, 0.3) is 0 Å². The molecule has 0 heterocycles. The van der Waals surface area contributed by atoms with Crippen LogP contribution in [0.2, 0.25) is 0 Å². The molecule has 0 aliphatic carbocycles. The van der Waals surface area contributed by atoms with E-state index in [4.69, 9.17) is 4.74 Å². The highest BCUT2D eigenvalue weighted by Crippen LogP contribution is 2.28. The highest BCUT2D eigenvalue weighted by Gasteiger charge is 2.08. The van der Waals surface area contributed by atoms with Crippen LogP contribution in [0.3, 0.4) is 0 Å². The van der Waals surface area contributed by atoms with Crippen molar-refractivity contribution in [3.8, 4) is 17.2 Å². The van der Waals surface area contributed by atoms with Crippen molar-refractivity contribution >= 4 is 28.2 Å². The third-order valence-corrected chi connectivity index (χ3v) is 4.18. The fourth-order valence-corrected chi connectivity index (χ4v) is 2.92. The molecule has 4 rings (SSSR count). The maximum absolute atomic E-state index is 12.5. The van der Waals surface area contributed by atoms with Crippen molar-refractivity contribution in [2.24, 2.45) is 0 Å². The number of benzene rings is 4. The summed E-state index contributed by atoms with van der Waals surface area (Å²) in [6.07, 6.45) is 0. The second-order valence-corrected chi connectivity index (χ2v) is 6.23. The van der Waals surface area contributed by atoms with Gasteiger partial charge in [0, 0.05) is 17.1 Å². The molecule has 5 nitrogen and oxygen atoms in total. The molecule has 4 aromatic rings. The zero-order valence-electron chi connectivity index (χ0n) is 14.9. The lowest BCUT2D eigenvalue weighted by Gasteiger charge is -2.11. The Balaban J connectivity index is 1.49. The summed E-state index contributed by atoms with van der Waals surface area (Å²) >= 11 is 0. The summed E-state index contributed by atoms with van der Waals surface area (Å²) in [4.78, 5) is 12.5. The van der Waals surface area contributed by atoms with E-state index in [1.54, 1.807) is 36.4 Å². The van der Waals surface area contributed by atoms with E-state index in [-0.39, 0.29) is 11.8 Å². The smallest absolute Gasteiger partial charge is 0.323 e. The van der Waals surface area contributed by atoms with Crippen LogP contribution in [0.25, 0.3) is 10.8 Å². The number of aromatic hydroxyl groups is 1. The monoisotopic (exact) mass is 370 g/mol. The van der Waals surface area contributed by atoms with E-state index in [0.29, 0.717) is 17.1 Å². The van der Waals surface area contributed by atoms with Gasteiger partial charge in [-0.1, -0.05) is 42.5 Å². The van der Waals surface area contributed by atoms with Crippen LogP contribution in [0.4, 0.5) is 16.2 Å². The van der Waals surface area contributed by atoms with Crippen LogP contribution in [-0.4, -0.2) is 11.1 Å². The Labute approximate surface area is 162 Å². The molecule has 28 heavy (non-hydrogen) atoms. The Bertz CT molecular complexity index is 1130. The van der Waals surface area contributed by atoms with Gasteiger partial charge in [0.2, 0.25) is 0 Å². The molecule has 0 saturated carbocycles. The van der Waals surface area contributed by atoms with Gasteiger partial charge < -0.3 is 20.5 Å². The van der Waals surface area contributed by atoms with Crippen LogP contribution >= 0.6 is 0 Å². The molecule has 2 amide bonds. The van der Waals surface area contributed by atoms with Gasteiger partial charge in [0.05, 0.1) is 5.69 Å². The van der Waals surface area contributed by atoms with Gasteiger partial charge >= 0.3 is 6.03 Å². The number of amides is 2. The van der Waals surface area contributed by atoms with Gasteiger partial charge in [0.1, 0.15) is 17.2 Å². The number of ether oxygens (including phenoxy) is 1. The minimum Gasteiger partial charge on any atom is -0.508 e. The summed E-state index contributed by atoms with van der Waals surface area (Å²) in [7, 11) is 0. The summed E-state index contributed by atoms with van der Waals surface area (Å²) in [5, 5.41) is 17.1. The van der Waals surface area contributed by atoms with Crippen LogP contribution in [0, 0.1) is 0 Å². The van der Waals surface area contributed by atoms with Gasteiger partial charge in [-0.25, -0.2) is 4.79 Å². The molecule has 0 fully saturated rings. The van der Waals surface area contributed by atoms with Crippen molar-refractivity contribution in [1.29, 1.82) is 0 Å². The standard InChI is InChI=1S/C23H18N2O3/c26-18-13-12-16-6-4-11-22(21(16)15-18)25-23(27)24-17-7-5-10-20(14-17)28-19-8-2-1-3-9-19/h1-15,26H,(H2,24,25,27). The van der Waals surface area contributed by atoms with E-state index >= 15 is 0 Å². The van der Waals surface area contributed by atoms with Crippen LogP contribution in [0.5, 0.6) is 17.2 Å². The maximum atomic E-state index is 12.5. The van der Waals surface area contributed by atoms with Crippen LogP contribution in [0.15, 0.2) is 91.0 Å². The molecule has 0 bridgehead atoms. The zero-order chi connectivity index (χ0) is 19.3. The number of rotatable bonds is 4. The molecule has 138 valence electrons. The largest absolute Gasteiger partial charge is 0.508 e. The Morgan fingerprint density at radius 1 is 0.750 bits per heavy atom. The first-order chi connectivity index (χ1) is 13.7. The number of urea groups is 1. The molecule has 0 aliphatic rings. The van der Waals surface area contributed by atoms with E-state index in [0.717, 1.165) is 16.5 Å². The molecular weight excluding hydrogens is 352 g/mol. The first-order valence-electron chi connectivity index (χ1n) is 8.80. The Kier molecular flexibility index (Phi) is 4.80. The summed E-state index contributed by atoms with van der Waals surface area (Å²) in [6.45, 7) is 0. The highest BCUT2D eigenvalue weighted by molar-refractivity contribution is 6.06. The van der Waals surface area contributed by atoms with Crippen molar-refractivity contribution in [1.82, 2.24) is 0 Å². The van der Waals surface area contributed by atoms with E-state index in [2.05, 4.69) is 10.6 Å². The minimum absolute atomic E-state index is 0.146. The van der Waals surface area contributed by atoms with Crippen molar-refractivity contribution in [3.63, 3.8) is 0 Å². The van der Waals surface area contributed by atoms with Gasteiger partial charge in [-0.15, -0.1) is 0 Å². The number of fused-ring (bicyclic) bond motifs is 1. The normalized spacial score (nSPS) is 10.4. The topological polar surface area (TPSA) is 70.6 Å². The number of phenols is 1. The number of phenolic OH excluding ortho intramolecular Hbond substituents is 1. The molecule has 0 unspecified atom stereocenters. The molecule has 4 aromatic carbocycles. The molecule has 0 aliphatic heterocycles. The third-order valence-electron chi connectivity index (χ3n) is 4.18. The van der Waals surface area contributed by atoms with Crippen molar-refractivity contribution in [3.05, 3.63) is 91.0 Å². The SMILES string of the molecule is O=C(Nc1cccc(Oc2ccccc2)c1)Nc1cccc2ccc(O)cc12. The number of hydrogen-bond donors (Lipinski definition) is 3. The molecular formula is C23H18N2O3. The van der Waals surface area contributed by atoms with E-state index in [9.17, 15) is 9.90 Å². The van der Waals surface area contributed by atoms with Gasteiger partial charge in [-0.05, 0) is 47.9 Å². The van der Waals surface area contributed by atoms with E-state index < -0.39 is 0 Å². The fraction of sp³-hybridized carbons (Fsp3) is 0. The number of para-hydroxylation sites is 1. The number of hydrogen-bond acceptors (Lipinski definition) is 3. The van der Waals surface area contributed by atoms with Gasteiger partial charge in [-0.2, -0.15) is 0 Å². The Hall–Kier alpha value is -3.99. The summed E-state index contributed by atoms with van der Waals surface area (Å²) in [5.74, 6) is 1.49. The molecule has 0 saturated heterocycles. The number of carbonyl (C=O) groups is 1. The van der Waals surface area contributed by atoms with Crippen LogP contribution in [-0.2, 0) is 0 Å². The lowest BCUT2D eigenvalue weighted by atomic mass is 10.1. The first kappa shape index (κ1) is 17.4. The lowest BCUT2D eigenvalue weighted by Crippen LogP contribution is -2.19. The third kappa shape index (κ3) is 4.04. The van der Waals surface area contributed by atoms with Crippen LogP contribution in [0.1, 0.15) is 0 Å². The maximum Gasteiger partial charge on any atom is 0.323 e. The highest BCUT2D eigenvalue weighted by atomic mass is 16.5. The van der Waals surface area contributed by atoms with Gasteiger partial charge in [-0.3, -0.25) is 0 Å². The van der Waals surface area contributed by atoms with Crippen molar-refractivity contribution in [2.75, 3.05) is 10.6 Å². The average Bonchev–Trinajstić information content (AvgIpc) is 2.69. The van der Waals surface area contributed by atoms with Crippen LogP contribution < -0.4 is 15.4 Å². The number of nitrogens with one attached hydrogen (secondary N) is 2. The second kappa shape index (κ2) is 7.72. The number of carbonyl (C=O) groups excluding carboxylic acids is 1. The second-order valence-electron chi connectivity index (χ2n) is 6.23. The molecule has 5 heteroatoms. The summed E-state index contributed by atoms with van der Waals surface area (Å²) in [6, 6.07) is 26.8. The lowest BCUT2D eigenvalue weighted by molar-refractivity contribution is 0.262. The molecule has 0 aromatic heterocycles. The molecule has 0 spiro atoms. The summed E-state index contributed by atoms with van der Waals surface area (Å²) < 4.78 is 5.79. The van der Waals surface area contributed by atoms with Crippen molar-refractivity contribution in [2.45, 2.75) is 0 Å². The predicted molar refractivity (Wildman–Crippen MR) is 111 cm³/mol. The Morgan fingerprint density at radius 2 is 1.54 bits per heavy atom.